The van der Waals surface area contributed by atoms with Crippen LogP contribution in [0.15, 0.2) is 48.7 Å². The molecule has 14 heteroatoms. The number of ether oxygens (including phenoxy) is 2. The van der Waals surface area contributed by atoms with Crippen molar-refractivity contribution < 1.29 is 28.7 Å². The first kappa shape index (κ1) is 48.1. The lowest BCUT2D eigenvalue weighted by Gasteiger charge is -2.30. The lowest BCUT2D eigenvalue weighted by molar-refractivity contribution is -0.136. The summed E-state index contributed by atoms with van der Waals surface area (Å²) in [5.74, 6) is 3.12. The number of carbonyl (C=O) groups excluding carboxylic acids is 4. The van der Waals surface area contributed by atoms with E-state index in [-0.39, 0.29) is 46.6 Å². The largest absolute Gasteiger partial charge is 0.453 e. The number of aromatic amines is 2. The number of imidazole rings is 2. The Morgan fingerprint density at radius 1 is 0.625 bits per heavy atom. The Balaban J connectivity index is 0.917. The van der Waals surface area contributed by atoms with Crippen LogP contribution in [0.3, 0.4) is 0 Å². The molecular weight excluding hydrogens is 905 g/mol. The molecule has 2 aromatic heterocycles. The number of nitrogens with zero attached hydrogens (tertiary/aromatic N) is 4. The Hall–Kier alpha value is -6.18. The van der Waals surface area contributed by atoms with E-state index in [0.717, 1.165) is 41.2 Å². The molecule has 4 amide bonds. The van der Waals surface area contributed by atoms with Gasteiger partial charge in [-0.2, -0.15) is 0 Å². The molecule has 380 valence electrons. The van der Waals surface area contributed by atoms with Crippen LogP contribution in [-0.4, -0.2) is 93.1 Å². The molecule has 8 atom stereocenters. The van der Waals surface area contributed by atoms with Gasteiger partial charge >= 0.3 is 12.2 Å². The minimum Gasteiger partial charge on any atom is -0.453 e. The minimum atomic E-state index is -0.714. The summed E-state index contributed by atoms with van der Waals surface area (Å²) < 4.78 is 9.78. The van der Waals surface area contributed by atoms with Gasteiger partial charge in [0.05, 0.1) is 49.2 Å². The summed E-state index contributed by atoms with van der Waals surface area (Å²) in [5, 5.41) is 5.58. The third-order valence-corrected chi connectivity index (χ3v) is 17.5. The van der Waals surface area contributed by atoms with Gasteiger partial charge in [-0.1, -0.05) is 85.7 Å². The zero-order chi connectivity index (χ0) is 50.7. The van der Waals surface area contributed by atoms with Crippen LogP contribution < -0.4 is 10.6 Å². The van der Waals surface area contributed by atoms with Gasteiger partial charge in [0.1, 0.15) is 23.7 Å². The van der Waals surface area contributed by atoms with E-state index in [0.29, 0.717) is 36.8 Å². The molecule has 2 aliphatic heterocycles. The maximum absolute atomic E-state index is 14.2. The predicted molar refractivity (Wildman–Crippen MR) is 277 cm³/mol. The van der Waals surface area contributed by atoms with Crippen molar-refractivity contribution >= 4 is 35.0 Å². The van der Waals surface area contributed by atoms with Gasteiger partial charge in [0.2, 0.25) is 11.8 Å². The van der Waals surface area contributed by atoms with Crippen LogP contribution in [0.4, 0.5) is 9.59 Å². The number of rotatable bonds is 11. The molecule has 4 fully saturated rings. The lowest BCUT2D eigenvalue weighted by Crippen LogP contribution is -2.51. The predicted octanol–water partition coefficient (Wildman–Crippen LogP) is 11.4. The molecule has 14 nitrogen and oxygen atoms in total. The van der Waals surface area contributed by atoms with Crippen molar-refractivity contribution in [2.45, 2.75) is 155 Å². The molecular formula is C58H72N8O6. The number of methoxy groups -OCH3 is 2. The summed E-state index contributed by atoms with van der Waals surface area (Å²) in [5.41, 5.74) is 15.0. The number of hydrogen-bond donors (Lipinski definition) is 4. The summed E-state index contributed by atoms with van der Waals surface area (Å²) in [6, 6.07) is 14.2. The molecule has 2 saturated heterocycles. The van der Waals surface area contributed by atoms with Gasteiger partial charge in [0, 0.05) is 18.7 Å². The Kier molecular flexibility index (Phi) is 11.9. The highest BCUT2D eigenvalue weighted by atomic mass is 16.5. The van der Waals surface area contributed by atoms with Crippen molar-refractivity contribution in [1.29, 1.82) is 0 Å². The molecule has 4 aliphatic carbocycles. The average Bonchev–Trinajstić information content (AvgIpc) is 4.23. The highest BCUT2D eigenvalue weighted by molar-refractivity contribution is 5.90. The summed E-state index contributed by atoms with van der Waals surface area (Å²) in [7, 11) is 2.64. The van der Waals surface area contributed by atoms with Crippen LogP contribution in [0.2, 0.25) is 0 Å². The van der Waals surface area contributed by atoms with Crippen LogP contribution in [-0.2, 0) is 19.1 Å². The smallest absolute Gasteiger partial charge is 0.407 e. The second kappa shape index (κ2) is 17.8. The highest BCUT2D eigenvalue weighted by Crippen LogP contribution is 2.62. The number of nitrogens with one attached hydrogen (secondary N) is 4. The fourth-order valence-corrected chi connectivity index (χ4v) is 14.2. The number of hydrogen-bond acceptors (Lipinski definition) is 8. The lowest BCUT2D eigenvalue weighted by atomic mass is 9.77. The normalized spacial score (nSPS) is 25.1. The molecule has 0 radical (unpaired) electrons. The third-order valence-electron chi connectivity index (χ3n) is 17.5. The van der Waals surface area contributed by atoms with Gasteiger partial charge in [0.15, 0.2) is 0 Å². The second-order valence-corrected chi connectivity index (χ2v) is 24.3. The first-order valence-electron chi connectivity index (χ1n) is 26.5. The van der Waals surface area contributed by atoms with Crippen LogP contribution in [0.1, 0.15) is 176 Å². The molecule has 4 unspecified atom stereocenters. The number of alkyl carbamates (subject to hydrolysis) is 2. The quantitative estimate of drug-likeness (QED) is 0.101. The van der Waals surface area contributed by atoms with Crippen LogP contribution in [0, 0.1) is 22.7 Å². The van der Waals surface area contributed by atoms with Crippen molar-refractivity contribution in [3.8, 4) is 33.5 Å². The Morgan fingerprint density at radius 2 is 1.08 bits per heavy atom. The van der Waals surface area contributed by atoms with E-state index in [9.17, 15) is 19.2 Å². The molecule has 4 bridgehead atoms. The Bertz CT molecular complexity index is 3000. The third kappa shape index (κ3) is 8.15. The van der Waals surface area contributed by atoms with E-state index in [1.807, 2.05) is 43.7 Å². The van der Waals surface area contributed by atoms with Gasteiger partial charge in [-0.25, -0.2) is 19.6 Å². The summed E-state index contributed by atoms with van der Waals surface area (Å²) in [6.45, 7) is 17.6. The molecule has 72 heavy (non-hydrogen) atoms. The van der Waals surface area contributed by atoms with Crippen LogP contribution in [0.25, 0.3) is 44.5 Å². The summed E-state index contributed by atoms with van der Waals surface area (Å²) in [6.07, 6.45) is 9.44. The second-order valence-electron chi connectivity index (χ2n) is 24.3. The topological polar surface area (TPSA) is 175 Å². The monoisotopic (exact) mass is 977 g/mol. The number of fused-ring (bicyclic) bond motifs is 11. The molecule has 11 rings (SSSR count). The zero-order valence-corrected chi connectivity index (χ0v) is 43.7. The maximum Gasteiger partial charge on any atom is 0.407 e. The fraction of sp³-hybridized carbons (Fsp3) is 0.552. The summed E-state index contributed by atoms with van der Waals surface area (Å²) >= 11 is 0. The number of carbonyl (C=O) groups is 4. The zero-order valence-electron chi connectivity index (χ0n) is 43.7. The van der Waals surface area contributed by atoms with Crippen molar-refractivity contribution in [3.63, 3.8) is 0 Å². The SMILES string of the molecule is COC(=O)N[C@H](C(=O)N1CC(C)(C)C[C@H]1c1ncc(-c2ccc(-c3ccc(-c4ccc5nc([C@@H]6CC(C)(C)CN6C(=O)[C@@H](NC(=O)OC)C(C)C)[nH]c5c4)c4c3C3CCC4C3)c3c2C2CCC3C2)[nH]1)C(C)C. The van der Waals surface area contributed by atoms with E-state index in [1.54, 1.807) is 0 Å². The first-order valence-corrected chi connectivity index (χ1v) is 26.5. The van der Waals surface area contributed by atoms with Gasteiger partial charge in [-0.15, -0.1) is 0 Å². The molecule has 2 saturated carbocycles. The number of aromatic nitrogens is 4. The van der Waals surface area contributed by atoms with Crippen molar-refractivity contribution in [1.82, 2.24) is 40.4 Å². The van der Waals surface area contributed by atoms with Crippen LogP contribution >= 0.6 is 0 Å². The standard InChI is InChI=1S/C58H72N8O6/c1-29(2)49(63-55(69)71-9)53(67)65-27-57(5,6)24-43(65)51-59-26-42(62-51)39-19-18-38(47-34-13-14-35(22-34)48(39)47)37-17-16-36(45-32-11-12-33(21-32)46(37)45)31-15-20-40-41(23-31)61-52(60-40)44-25-58(7,8)28-66(44)54(68)50(30(3)4)64-56(70)72-10/h15-20,23,26,29-30,32-35,43-44,49-50H,11-14,21-22,24-25,27-28H2,1-10H3,(H,59,62)(H,60,61)(H,63,69)(H,64,70)/t32?,33?,34?,35?,43-,44-,49-,50-/m0/s1. The van der Waals surface area contributed by atoms with Gasteiger partial charge in [-0.05, 0) is 154 Å². The van der Waals surface area contributed by atoms with Crippen molar-refractivity contribution in [2.24, 2.45) is 22.7 Å². The Morgan fingerprint density at radius 3 is 1.58 bits per heavy atom. The average molecular weight is 977 g/mol. The van der Waals surface area contributed by atoms with Crippen molar-refractivity contribution in [2.75, 3.05) is 27.3 Å². The summed E-state index contributed by atoms with van der Waals surface area (Å²) in [4.78, 5) is 74.4. The number of amides is 4. The fourth-order valence-electron chi connectivity index (χ4n) is 14.2. The van der Waals surface area contributed by atoms with Gasteiger partial charge in [0.25, 0.3) is 0 Å². The molecule has 3 aromatic carbocycles. The van der Waals surface area contributed by atoms with Crippen LogP contribution in [0.5, 0.6) is 0 Å². The molecule has 6 aliphatic rings. The van der Waals surface area contributed by atoms with E-state index >= 15 is 0 Å². The maximum atomic E-state index is 14.2. The number of H-pyrrole nitrogens is 2. The van der Waals surface area contributed by atoms with E-state index in [2.05, 4.69) is 90.8 Å². The van der Waals surface area contributed by atoms with E-state index in [4.69, 9.17) is 19.4 Å². The molecule has 4 N–H and O–H groups in total. The molecule has 4 heterocycles. The minimum absolute atomic E-state index is 0.118. The number of benzene rings is 3. The molecule has 0 spiro atoms. The molecule has 5 aromatic rings. The number of likely N-dealkylation sites (tertiary alicyclic amines) is 2. The van der Waals surface area contributed by atoms with Gasteiger partial charge in [-0.3, -0.25) is 9.59 Å². The first-order chi connectivity index (χ1) is 34.3. The van der Waals surface area contributed by atoms with E-state index in [1.165, 1.54) is 103 Å². The van der Waals surface area contributed by atoms with Gasteiger partial charge < -0.3 is 39.9 Å². The van der Waals surface area contributed by atoms with Crippen molar-refractivity contribution in [3.05, 3.63) is 82.6 Å². The Labute approximate surface area is 423 Å². The highest BCUT2D eigenvalue weighted by Gasteiger charge is 2.48. The van der Waals surface area contributed by atoms with E-state index < -0.39 is 24.3 Å².